The zero-order valence-electron chi connectivity index (χ0n) is 7.12. The summed E-state index contributed by atoms with van der Waals surface area (Å²) in [5, 5.41) is -0.635. The Balaban J connectivity index is 3.39. The summed E-state index contributed by atoms with van der Waals surface area (Å²) >= 11 is 0. The van der Waals surface area contributed by atoms with Crippen LogP contribution >= 0.6 is 0 Å². The summed E-state index contributed by atoms with van der Waals surface area (Å²) in [6.45, 7) is 4.23. The molecule has 0 aromatic carbocycles. The smallest absolute Gasteiger partial charge is 0.155 e. The van der Waals surface area contributed by atoms with E-state index in [4.69, 9.17) is 5.73 Å². The van der Waals surface area contributed by atoms with E-state index < -0.39 is 16.1 Å². The van der Waals surface area contributed by atoms with E-state index in [1.807, 2.05) is 0 Å². The van der Waals surface area contributed by atoms with Crippen molar-refractivity contribution >= 4 is 10.7 Å². The molecule has 2 N–H and O–H groups in total. The van der Waals surface area contributed by atoms with Crippen LogP contribution in [-0.2, 0) is 10.7 Å². The first-order valence-corrected chi connectivity index (χ1v) is 5.17. The maximum absolute atomic E-state index is 10.3. The molecule has 3 nitrogen and oxygen atoms in total. The van der Waals surface area contributed by atoms with Gasteiger partial charge in [0.15, 0.2) is 10.7 Å². The summed E-state index contributed by atoms with van der Waals surface area (Å²) in [7, 11) is -2.41. The Labute approximate surface area is 69.9 Å². The molecule has 11 heavy (non-hydrogen) atoms. The molecule has 0 amide bonds. The van der Waals surface area contributed by atoms with Gasteiger partial charge in [0, 0.05) is 0 Å². The van der Waals surface area contributed by atoms with Gasteiger partial charge in [-0.25, -0.2) is 8.42 Å². The minimum atomic E-state index is -2.41. The molecule has 0 bridgehead atoms. The molecule has 0 aromatic rings. The van der Waals surface area contributed by atoms with Gasteiger partial charge in [0.25, 0.3) is 0 Å². The predicted molar refractivity (Wildman–Crippen MR) is 47.0 cm³/mol. The lowest BCUT2D eigenvalue weighted by Crippen LogP contribution is -2.21. The molecule has 0 rings (SSSR count). The lowest BCUT2D eigenvalue weighted by Gasteiger charge is -2.05. The fraction of sp³-hybridized carbons (Fsp3) is 1.00. The maximum Gasteiger partial charge on any atom is 0.155 e. The van der Waals surface area contributed by atoms with E-state index >= 15 is 0 Å². The molecule has 0 heterocycles. The van der Waals surface area contributed by atoms with Gasteiger partial charge in [-0.3, -0.25) is 0 Å². The highest BCUT2D eigenvalue weighted by Crippen LogP contribution is 2.07. The van der Waals surface area contributed by atoms with Crippen LogP contribution in [-0.4, -0.2) is 13.8 Å². The molecule has 0 aromatic heterocycles. The van der Waals surface area contributed by atoms with Crippen LogP contribution in [0.2, 0.25) is 0 Å². The summed E-state index contributed by atoms with van der Waals surface area (Å²) in [4.78, 5) is 0. The Morgan fingerprint density at radius 2 is 1.82 bits per heavy atom. The lowest BCUT2D eigenvalue weighted by atomic mass is 10.1. The van der Waals surface area contributed by atoms with Gasteiger partial charge in [-0.2, -0.15) is 0 Å². The summed E-state index contributed by atoms with van der Waals surface area (Å²) in [6.07, 6.45) is 2.55. The SMILES string of the molecule is CC(C)CCCC(N)[SH](=O)=O. The summed E-state index contributed by atoms with van der Waals surface area (Å²) in [5.74, 6) is 0.631. The summed E-state index contributed by atoms with van der Waals surface area (Å²) < 4.78 is 20.6. The van der Waals surface area contributed by atoms with E-state index in [0.29, 0.717) is 12.3 Å². The fourth-order valence-corrected chi connectivity index (χ4v) is 1.23. The Hall–Kier alpha value is -0.0900. The standard InChI is InChI=1S/C7H17NO2S/c1-6(2)4-3-5-7(8)11(9)10/h6-7,11H,3-5,8H2,1-2H3. The molecule has 0 fully saturated rings. The van der Waals surface area contributed by atoms with Crippen LogP contribution < -0.4 is 5.73 Å². The third-order valence-corrected chi connectivity index (χ3v) is 2.35. The number of rotatable bonds is 5. The zero-order valence-corrected chi connectivity index (χ0v) is 8.01. The van der Waals surface area contributed by atoms with Gasteiger partial charge in [0.1, 0.15) is 5.37 Å². The second-order valence-corrected chi connectivity index (χ2v) is 4.41. The number of thiol groups is 1. The van der Waals surface area contributed by atoms with E-state index in [2.05, 4.69) is 13.8 Å². The molecule has 4 heteroatoms. The van der Waals surface area contributed by atoms with Crippen molar-refractivity contribution in [3.63, 3.8) is 0 Å². The molecule has 0 spiro atoms. The van der Waals surface area contributed by atoms with E-state index in [1.165, 1.54) is 0 Å². The average Bonchev–Trinajstić information content (AvgIpc) is 1.86. The Morgan fingerprint density at radius 1 is 1.27 bits per heavy atom. The van der Waals surface area contributed by atoms with Gasteiger partial charge in [-0.1, -0.05) is 26.7 Å². The Bertz CT molecular complexity index is 158. The molecule has 0 saturated carbocycles. The molecule has 0 aliphatic heterocycles. The summed E-state index contributed by atoms with van der Waals surface area (Å²) in [6, 6.07) is 0. The number of hydrogen-bond donors (Lipinski definition) is 2. The monoisotopic (exact) mass is 179 g/mol. The van der Waals surface area contributed by atoms with Crippen LogP contribution in [0.5, 0.6) is 0 Å². The number of nitrogens with two attached hydrogens (primary N) is 1. The van der Waals surface area contributed by atoms with Crippen molar-refractivity contribution < 1.29 is 8.42 Å². The summed E-state index contributed by atoms with van der Waals surface area (Å²) in [5.41, 5.74) is 5.31. The second kappa shape index (κ2) is 5.55. The molecule has 0 radical (unpaired) electrons. The molecular formula is C7H17NO2S. The molecule has 68 valence electrons. The van der Waals surface area contributed by atoms with Crippen molar-refractivity contribution in [3.05, 3.63) is 0 Å². The largest absolute Gasteiger partial charge is 0.315 e. The van der Waals surface area contributed by atoms with Gasteiger partial charge in [-0.15, -0.1) is 0 Å². The molecule has 0 aliphatic rings. The third-order valence-electron chi connectivity index (χ3n) is 1.55. The van der Waals surface area contributed by atoms with Crippen molar-refractivity contribution in [2.24, 2.45) is 11.7 Å². The lowest BCUT2D eigenvalue weighted by molar-refractivity contribution is 0.524. The molecule has 1 unspecified atom stereocenters. The van der Waals surface area contributed by atoms with Gasteiger partial charge in [0.2, 0.25) is 0 Å². The van der Waals surface area contributed by atoms with Crippen molar-refractivity contribution in [2.45, 2.75) is 38.5 Å². The quantitative estimate of drug-likeness (QED) is 0.611. The zero-order chi connectivity index (χ0) is 8.85. The normalized spacial score (nSPS) is 14.3. The highest BCUT2D eigenvalue weighted by molar-refractivity contribution is 7.73. The van der Waals surface area contributed by atoms with Gasteiger partial charge in [0.05, 0.1) is 0 Å². The van der Waals surface area contributed by atoms with Crippen LogP contribution in [0.1, 0.15) is 33.1 Å². The Morgan fingerprint density at radius 3 is 2.18 bits per heavy atom. The highest BCUT2D eigenvalue weighted by atomic mass is 32.2. The highest BCUT2D eigenvalue weighted by Gasteiger charge is 2.04. The first-order chi connectivity index (χ1) is 5.04. The van der Waals surface area contributed by atoms with Crippen LogP contribution in [0.4, 0.5) is 0 Å². The van der Waals surface area contributed by atoms with Crippen LogP contribution in [0.25, 0.3) is 0 Å². The second-order valence-electron chi connectivity index (χ2n) is 3.18. The molecule has 0 saturated heterocycles. The average molecular weight is 179 g/mol. The number of hydrogen-bond acceptors (Lipinski definition) is 3. The van der Waals surface area contributed by atoms with Crippen molar-refractivity contribution in [1.82, 2.24) is 0 Å². The van der Waals surface area contributed by atoms with E-state index in [0.717, 1.165) is 12.8 Å². The predicted octanol–water partition coefficient (Wildman–Crippen LogP) is 0.709. The molecule has 0 aliphatic carbocycles. The third kappa shape index (κ3) is 6.31. The van der Waals surface area contributed by atoms with Gasteiger partial charge >= 0.3 is 0 Å². The Kier molecular flexibility index (Phi) is 5.50. The van der Waals surface area contributed by atoms with Gasteiger partial charge in [-0.05, 0) is 12.3 Å². The van der Waals surface area contributed by atoms with Crippen molar-refractivity contribution in [1.29, 1.82) is 0 Å². The molecular weight excluding hydrogens is 162 g/mol. The van der Waals surface area contributed by atoms with E-state index in [-0.39, 0.29) is 0 Å². The van der Waals surface area contributed by atoms with E-state index in [1.54, 1.807) is 0 Å². The van der Waals surface area contributed by atoms with Gasteiger partial charge < -0.3 is 5.73 Å². The molecule has 1 atom stereocenters. The van der Waals surface area contributed by atoms with Crippen molar-refractivity contribution in [3.8, 4) is 0 Å². The topological polar surface area (TPSA) is 60.2 Å². The van der Waals surface area contributed by atoms with Crippen molar-refractivity contribution in [2.75, 3.05) is 0 Å². The minimum absolute atomic E-state index is 0.594. The van der Waals surface area contributed by atoms with Crippen LogP contribution in [0.3, 0.4) is 0 Å². The van der Waals surface area contributed by atoms with Crippen LogP contribution in [0.15, 0.2) is 0 Å². The van der Waals surface area contributed by atoms with Crippen LogP contribution in [0, 0.1) is 5.92 Å². The first kappa shape index (κ1) is 10.9. The minimum Gasteiger partial charge on any atom is -0.315 e. The van der Waals surface area contributed by atoms with E-state index in [9.17, 15) is 8.42 Å². The fourth-order valence-electron chi connectivity index (χ4n) is 0.841. The first-order valence-electron chi connectivity index (χ1n) is 3.93. The maximum atomic E-state index is 10.3.